The van der Waals surface area contributed by atoms with Crippen molar-refractivity contribution in [2.24, 2.45) is 0 Å². The summed E-state index contributed by atoms with van der Waals surface area (Å²) < 4.78 is 5.65. The summed E-state index contributed by atoms with van der Waals surface area (Å²) in [6.07, 6.45) is 4.48. The van der Waals surface area contributed by atoms with Gasteiger partial charge in [-0.2, -0.15) is 0 Å². The van der Waals surface area contributed by atoms with E-state index in [1.807, 2.05) is 13.0 Å². The fourth-order valence-electron chi connectivity index (χ4n) is 1.47. The Bertz CT molecular complexity index is 119. The van der Waals surface area contributed by atoms with Crippen molar-refractivity contribution in [3.05, 3.63) is 12.7 Å². The first kappa shape index (κ1) is 12.7. The van der Waals surface area contributed by atoms with Crippen LogP contribution in [0.4, 0.5) is 0 Å². The van der Waals surface area contributed by atoms with Crippen molar-refractivity contribution in [3.63, 3.8) is 0 Å². The largest absolute Gasteiger partial charge is 0.377 e. The average Bonchev–Trinajstić information content (AvgIpc) is 2.14. The third-order valence-electron chi connectivity index (χ3n) is 2.05. The maximum absolute atomic E-state index is 5.65. The van der Waals surface area contributed by atoms with Gasteiger partial charge in [0, 0.05) is 6.61 Å². The third kappa shape index (κ3) is 5.06. The molecule has 0 aliphatic heterocycles. The minimum atomic E-state index is 0.285. The summed E-state index contributed by atoms with van der Waals surface area (Å²) in [4.78, 5) is 0. The Balaban J connectivity index is 4.02. The average molecular weight is 185 g/mol. The van der Waals surface area contributed by atoms with Gasteiger partial charge in [0.1, 0.15) is 0 Å². The molecule has 2 unspecified atom stereocenters. The molecule has 0 spiro atoms. The van der Waals surface area contributed by atoms with Gasteiger partial charge in [-0.3, -0.25) is 0 Å². The molecule has 2 heteroatoms. The van der Waals surface area contributed by atoms with Crippen molar-refractivity contribution in [2.75, 3.05) is 13.2 Å². The first-order chi connectivity index (χ1) is 6.29. The summed E-state index contributed by atoms with van der Waals surface area (Å²) in [6.45, 7) is 11.9. The van der Waals surface area contributed by atoms with Crippen molar-refractivity contribution in [1.29, 1.82) is 0 Å². The molecule has 0 aromatic carbocycles. The molecule has 13 heavy (non-hydrogen) atoms. The Morgan fingerprint density at radius 1 is 1.38 bits per heavy atom. The molecule has 1 N–H and O–H groups in total. The SMILES string of the molecule is C=CC(NCC)C(CCC)OCC. The maximum atomic E-state index is 5.65. The van der Waals surface area contributed by atoms with Crippen molar-refractivity contribution in [2.45, 2.75) is 45.8 Å². The highest BCUT2D eigenvalue weighted by molar-refractivity contribution is 4.91. The highest BCUT2D eigenvalue weighted by atomic mass is 16.5. The molecule has 0 heterocycles. The molecule has 0 saturated heterocycles. The van der Waals surface area contributed by atoms with Crippen molar-refractivity contribution in [1.82, 2.24) is 5.32 Å². The lowest BCUT2D eigenvalue weighted by Crippen LogP contribution is -2.39. The van der Waals surface area contributed by atoms with Gasteiger partial charge < -0.3 is 10.1 Å². The van der Waals surface area contributed by atoms with Gasteiger partial charge in [-0.15, -0.1) is 6.58 Å². The molecule has 78 valence electrons. The van der Waals surface area contributed by atoms with Gasteiger partial charge >= 0.3 is 0 Å². The van der Waals surface area contributed by atoms with Crippen LogP contribution < -0.4 is 5.32 Å². The maximum Gasteiger partial charge on any atom is 0.0763 e. The van der Waals surface area contributed by atoms with Crippen LogP contribution in [0, 0.1) is 0 Å². The van der Waals surface area contributed by atoms with E-state index in [1.165, 1.54) is 0 Å². The Morgan fingerprint density at radius 3 is 2.46 bits per heavy atom. The van der Waals surface area contributed by atoms with Gasteiger partial charge in [-0.25, -0.2) is 0 Å². The summed E-state index contributed by atoms with van der Waals surface area (Å²) in [5, 5.41) is 3.36. The molecule has 2 atom stereocenters. The highest BCUT2D eigenvalue weighted by Crippen LogP contribution is 2.08. The van der Waals surface area contributed by atoms with E-state index in [2.05, 4.69) is 25.7 Å². The lowest BCUT2D eigenvalue weighted by atomic mass is 10.1. The molecule has 0 aromatic heterocycles. The van der Waals surface area contributed by atoms with Gasteiger partial charge in [0.25, 0.3) is 0 Å². The zero-order valence-corrected chi connectivity index (χ0v) is 9.18. The normalized spacial score (nSPS) is 15.3. The van der Waals surface area contributed by atoms with Crippen LogP contribution in [0.1, 0.15) is 33.6 Å². The van der Waals surface area contributed by atoms with Gasteiger partial charge in [0.2, 0.25) is 0 Å². The van der Waals surface area contributed by atoms with E-state index in [-0.39, 0.29) is 6.10 Å². The van der Waals surface area contributed by atoms with E-state index in [9.17, 15) is 0 Å². The number of nitrogens with one attached hydrogen (secondary N) is 1. The molecule has 0 rings (SSSR count). The molecule has 2 nitrogen and oxygen atoms in total. The molecule has 0 radical (unpaired) electrons. The minimum absolute atomic E-state index is 0.285. The van der Waals surface area contributed by atoms with E-state index < -0.39 is 0 Å². The summed E-state index contributed by atoms with van der Waals surface area (Å²) in [5.74, 6) is 0. The van der Waals surface area contributed by atoms with Crippen LogP contribution in [-0.4, -0.2) is 25.3 Å². The van der Waals surface area contributed by atoms with Crippen LogP contribution in [0.15, 0.2) is 12.7 Å². The first-order valence-electron chi connectivity index (χ1n) is 5.27. The predicted octanol–water partition coefficient (Wildman–Crippen LogP) is 2.36. The molecule has 0 saturated carbocycles. The van der Waals surface area contributed by atoms with E-state index in [4.69, 9.17) is 4.74 Å². The highest BCUT2D eigenvalue weighted by Gasteiger charge is 2.16. The monoisotopic (exact) mass is 185 g/mol. The van der Waals surface area contributed by atoms with Gasteiger partial charge in [0.05, 0.1) is 12.1 Å². The molecule has 0 amide bonds. The summed E-state index contributed by atoms with van der Waals surface area (Å²) in [6, 6.07) is 0.296. The summed E-state index contributed by atoms with van der Waals surface area (Å²) in [5.41, 5.74) is 0. The van der Waals surface area contributed by atoms with Crippen molar-refractivity contribution in [3.8, 4) is 0 Å². The molecule has 0 aliphatic rings. The van der Waals surface area contributed by atoms with Crippen molar-refractivity contribution >= 4 is 0 Å². The molecular weight excluding hydrogens is 162 g/mol. The Labute approximate surface area is 82.4 Å². The lowest BCUT2D eigenvalue weighted by Gasteiger charge is -2.24. The van der Waals surface area contributed by atoms with E-state index in [0.29, 0.717) is 6.04 Å². The predicted molar refractivity (Wildman–Crippen MR) is 58.0 cm³/mol. The van der Waals surface area contributed by atoms with Crippen LogP contribution in [-0.2, 0) is 4.74 Å². The zero-order chi connectivity index (χ0) is 10.1. The Morgan fingerprint density at radius 2 is 2.08 bits per heavy atom. The molecule has 0 aliphatic carbocycles. The van der Waals surface area contributed by atoms with Crippen LogP contribution in [0.2, 0.25) is 0 Å². The third-order valence-corrected chi connectivity index (χ3v) is 2.05. The van der Waals surface area contributed by atoms with Crippen LogP contribution in [0.3, 0.4) is 0 Å². The quantitative estimate of drug-likeness (QED) is 0.586. The fraction of sp³-hybridized carbons (Fsp3) is 0.818. The van der Waals surface area contributed by atoms with Gasteiger partial charge in [-0.1, -0.05) is 26.3 Å². The smallest absolute Gasteiger partial charge is 0.0763 e. The number of likely N-dealkylation sites (N-methyl/N-ethyl adjacent to an activating group) is 1. The number of rotatable bonds is 8. The second-order valence-electron chi connectivity index (χ2n) is 3.10. The fourth-order valence-corrected chi connectivity index (χ4v) is 1.47. The Kier molecular flexibility index (Phi) is 8.05. The first-order valence-corrected chi connectivity index (χ1v) is 5.27. The molecule has 0 aromatic rings. The van der Waals surface area contributed by atoms with Crippen LogP contribution in [0.5, 0.6) is 0 Å². The van der Waals surface area contributed by atoms with Gasteiger partial charge in [-0.05, 0) is 19.9 Å². The van der Waals surface area contributed by atoms with Crippen molar-refractivity contribution < 1.29 is 4.74 Å². The standard InChI is InChI=1S/C11H23NO/c1-5-9-11(13-8-4)10(6-2)12-7-3/h6,10-12H,2,5,7-9H2,1,3-4H3. The van der Waals surface area contributed by atoms with Crippen LogP contribution >= 0.6 is 0 Å². The number of hydrogen-bond acceptors (Lipinski definition) is 2. The molecular formula is C11H23NO. The molecule has 0 bridgehead atoms. The summed E-state index contributed by atoms with van der Waals surface area (Å²) >= 11 is 0. The van der Waals surface area contributed by atoms with E-state index >= 15 is 0 Å². The van der Waals surface area contributed by atoms with E-state index in [0.717, 1.165) is 26.0 Å². The number of hydrogen-bond donors (Lipinski definition) is 1. The molecule has 0 fully saturated rings. The summed E-state index contributed by atoms with van der Waals surface area (Å²) in [7, 11) is 0. The second kappa shape index (κ2) is 8.27. The number of ether oxygens (including phenoxy) is 1. The van der Waals surface area contributed by atoms with E-state index in [1.54, 1.807) is 0 Å². The van der Waals surface area contributed by atoms with Crippen LogP contribution in [0.25, 0.3) is 0 Å². The minimum Gasteiger partial charge on any atom is -0.377 e. The Hall–Kier alpha value is -0.340. The second-order valence-corrected chi connectivity index (χ2v) is 3.10. The topological polar surface area (TPSA) is 21.3 Å². The lowest BCUT2D eigenvalue weighted by molar-refractivity contribution is 0.0399. The van der Waals surface area contributed by atoms with Gasteiger partial charge in [0.15, 0.2) is 0 Å². The zero-order valence-electron chi connectivity index (χ0n) is 9.18.